The van der Waals surface area contributed by atoms with E-state index in [0.717, 1.165) is 17.1 Å². The number of esters is 1. The maximum Gasteiger partial charge on any atom is 0.319 e. The van der Waals surface area contributed by atoms with Crippen molar-refractivity contribution in [2.24, 2.45) is 0 Å². The van der Waals surface area contributed by atoms with Gasteiger partial charge in [0.15, 0.2) is 0 Å². The Bertz CT molecular complexity index is 510. The van der Waals surface area contributed by atoms with Crippen molar-refractivity contribution in [1.29, 1.82) is 0 Å². The number of aromatic nitrogens is 1. The Morgan fingerprint density at radius 3 is 2.48 bits per heavy atom. The molecule has 0 N–H and O–H groups in total. The topological polar surface area (TPSA) is 48.4 Å². The van der Waals surface area contributed by atoms with Gasteiger partial charge >= 0.3 is 5.97 Å². The molecular formula is C16H25NO3S. The zero-order chi connectivity index (χ0) is 15.7. The summed E-state index contributed by atoms with van der Waals surface area (Å²) in [4.78, 5) is 18.8. The molecule has 1 aliphatic heterocycles. The van der Waals surface area contributed by atoms with Gasteiger partial charge in [-0.3, -0.25) is 4.79 Å². The predicted octanol–water partition coefficient (Wildman–Crippen LogP) is 3.40. The molecule has 1 fully saturated rings. The molecule has 1 saturated heterocycles. The van der Waals surface area contributed by atoms with Crippen LogP contribution >= 0.6 is 11.3 Å². The molecule has 0 aliphatic carbocycles. The average Bonchev–Trinajstić information content (AvgIpc) is 2.79. The lowest BCUT2D eigenvalue weighted by atomic mass is 9.80. The Hall–Kier alpha value is -0.940. The summed E-state index contributed by atoms with van der Waals surface area (Å²) in [7, 11) is 0. The summed E-state index contributed by atoms with van der Waals surface area (Å²) in [6.45, 7) is 11.0. The maximum atomic E-state index is 12.8. The minimum Gasteiger partial charge on any atom is -0.459 e. The van der Waals surface area contributed by atoms with E-state index in [4.69, 9.17) is 14.5 Å². The SMILES string of the molecule is CCc1nc(C2(C(=O)OC(C)(C)C)CCOCC2)sc1C. The molecule has 118 valence electrons. The maximum absolute atomic E-state index is 12.8. The number of carbonyl (C=O) groups is 1. The van der Waals surface area contributed by atoms with Crippen molar-refractivity contribution in [1.82, 2.24) is 4.98 Å². The molecule has 0 radical (unpaired) electrons. The van der Waals surface area contributed by atoms with E-state index in [-0.39, 0.29) is 5.97 Å². The molecule has 1 aromatic heterocycles. The van der Waals surface area contributed by atoms with Gasteiger partial charge in [0, 0.05) is 18.1 Å². The van der Waals surface area contributed by atoms with Crippen molar-refractivity contribution in [3.8, 4) is 0 Å². The molecule has 0 bridgehead atoms. The van der Waals surface area contributed by atoms with Gasteiger partial charge in [0.25, 0.3) is 0 Å². The Morgan fingerprint density at radius 2 is 2.00 bits per heavy atom. The number of hydrogen-bond acceptors (Lipinski definition) is 5. The number of carbonyl (C=O) groups excluding carboxylic acids is 1. The Kier molecular flexibility index (Phi) is 4.73. The van der Waals surface area contributed by atoms with Gasteiger partial charge in [0.1, 0.15) is 16.0 Å². The van der Waals surface area contributed by atoms with Crippen molar-refractivity contribution >= 4 is 17.3 Å². The van der Waals surface area contributed by atoms with Gasteiger partial charge in [0.2, 0.25) is 0 Å². The van der Waals surface area contributed by atoms with E-state index < -0.39 is 11.0 Å². The highest BCUT2D eigenvalue weighted by molar-refractivity contribution is 7.12. The number of rotatable bonds is 3. The fraction of sp³-hybridized carbons (Fsp3) is 0.750. The summed E-state index contributed by atoms with van der Waals surface area (Å²) in [5, 5.41) is 0.898. The second-order valence-corrected chi connectivity index (χ2v) is 7.78. The molecule has 0 unspecified atom stereocenters. The smallest absolute Gasteiger partial charge is 0.319 e. The second kappa shape index (κ2) is 6.05. The van der Waals surface area contributed by atoms with Crippen molar-refractivity contribution < 1.29 is 14.3 Å². The molecule has 21 heavy (non-hydrogen) atoms. The minimum absolute atomic E-state index is 0.158. The van der Waals surface area contributed by atoms with E-state index in [1.807, 2.05) is 20.8 Å². The van der Waals surface area contributed by atoms with Crippen LogP contribution in [0.1, 0.15) is 56.1 Å². The molecular weight excluding hydrogens is 286 g/mol. The van der Waals surface area contributed by atoms with E-state index in [2.05, 4.69) is 13.8 Å². The molecule has 0 amide bonds. The lowest BCUT2D eigenvalue weighted by Gasteiger charge is -2.35. The van der Waals surface area contributed by atoms with E-state index in [1.54, 1.807) is 11.3 Å². The van der Waals surface area contributed by atoms with Crippen LogP contribution in [0.25, 0.3) is 0 Å². The third-order valence-electron chi connectivity index (χ3n) is 3.77. The molecule has 2 heterocycles. The molecule has 0 saturated carbocycles. The van der Waals surface area contributed by atoms with Crippen LogP contribution in [0.15, 0.2) is 0 Å². The summed E-state index contributed by atoms with van der Waals surface area (Å²) in [6.07, 6.45) is 2.19. The van der Waals surface area contributed by atoms with Crippen molar-refractivity contribution in [2.45, 2.75) is 64.9 Å². The fourth-order valence-electron chi connectivity index (χ4n) is 2.56. The summed E-state index contributed by atoms with van der Waals surface area (Å²) in [5.41, 5.74) is -0.0270. The lowest BCUT2D eigenvalue weighted by molar-refractivity contribution is -0.166. The van der Waals surface area contributed by atoms with Gasteiger partial charge in [-0.1, -0.05) is 6.92 Å². The summed E-state index contributed by atoms with van der Waals surface area (Å²) in [5.74, 6) is -0.158. The van der Waals surface area contributed by atoms with Crippen molar-refractivity contribution in [3.05, 3.63) is 15.6 Å². The Morgan fingerprint density at radius 1 is 1.38 bits per heavy atom. The van der Waals surface area contributed by atoms with Crippen LogP contribution in [0.3, 0.4) is 0 Å². The molecule has 0 atom stereocenters. The normalized spacial score (nSPS) is 18.5. The van der Waals surface area contributed by atoms with Crippen LogP contribution in [0.4, 0.5) is 0 Å². The number of aryl methyl sites for hydroxylation is 2. The molecule has 2 rings (SSSR count). The first-order valence-corrected chi connectivity index (χ1v) is 8.38. The molecule has 0 spiro atoms. The zero-order valence-electron chi connectivity index (χ0n) is 13.6. The number of nitrogens with zero attached hydrogens (tertiary/aromatic N) is 1. The predicted molar refractivity (Wildman–Crippen MR) is 83.8 cm³/mol. The van der Waals surface area contributed by atoms with Crippen molar-refractivity contribution in [2.75, 3.05) is 13.2 Å². The van der Waals surface area contributed by atoms with E-state index in [0.29, 0.717) is 26.1 Å². The summed E-state index contributed by atoms with van der Waals surface area (Å²) >= 11 is 1.63. The molecule has 0 aromatic carbocycles. The number of thiazole rings is 1. The highest BCUT2D eigenvalue weighted by atomic mass is 32.1. The highest BCUT2D eigenvalue weighted by Crippen LogP contribution is 2.40. The van der Waals surface area contributed by atoms with Gasteiger partial charge in [0.05, 0.1) is 5.69 Å². The van der Waals surface area contributed by atoms with Crippen LogP contribution in [0, 0.1) is 6.92 Å². The van der Waals surface area contributed by atoms with Crippen LogP contribution in [-0.2, 0) is 26.1 Å². The van der Waals surface area contributed by atoms with Crippen LogP contribution in [-0.4, -0.2) is 29.8 Å². The van der Waals surface area contributed by atoms with E-state index in [9.17, 15) is 4.79 Å². The summed E-state index contributed by atoms with van der Waals surface area (Å²) in [6, 6.07) is 0. The average molecular weight is 311 g/mol. The number of ether oxygens (including phenoxy) is 2. The zero-order valence-corrected chi connectivity index (χ0v) is 14.4. The molecule has 1 aliphatic rings. The van der Waals surface area contributed by atoms with Crippen LogP contribution < -0.4 is 0 Å². The third kappa shape index (κ3) is 3.46. The van der Waals surface area contributed by atoms with E-state index in [1.165, 1.54) is 4.88 Å². The minimum atomic E-state index is -0.631. The largest absolute Gasteiger partial charge is 0.459 e. The first-order valence-electron chi connectivity index (χ1n) is 7.56. The van der Waals surface area contributed by atoms with Gasteiger partial charge in [-0.2, -0.15) is 0 Å². The first kappa shape index (κ1) is 16.4. The first-order chi connectivity index (χ1) is 9.78. The van der Waals surface area contributed by atoms with Crippen molar-refractivity contribution in [3.63, 3.8) is 0 Å². The monoisotopic (exact) mass is 311 g/mol. The third-order valence-corrected chi connectivity index (χ3v) is 4.99. The molecule has 4 nitrogen and oxygen atoms in total. The standard InChI is InChI=1S/C16H25NO3S/c1-6-12-11(2)21-13(17-12)16(7-9-19-10-8-16)14(18)20-15(3,4)5/h6-10H2,1-5H3. The quantitative estimate of drug-likeness (QED) is 0.803. The fourth-order valence-corrected chi connectivity index (χ4v) is 3.80. The van der Waals surface area contributed by atoms with Crippen LogP contribution in [0.2, 0.25) is 0 Å². The van der Waals surface area contributed by atoms with Gasteiger partial charge in [-0.15, -0.1) is 11.3 Å². The second-order valence-electron chi connectivity index (χ2n) is 6.57. The Labute approximate surface area is 130 Å². The van der Waals surface area contributed by atoms with E-state index >= 15 is 0 Å². The van der Waals surface area contributed by atoms with Crippen LogP contribution in [0.5, 0.6) is 0 Å². The van der Waals surface area contributed by atoms with Gasteiger partial charge < -0.3 is 9.47 Å². The molecule has 5 heteroatoms. The lowest BCUT2D eigenvalue weighted by Crippen LogP contribution is -2.45. The van der Waals surface area contributed by atoms with Gasteiger partial charge in [-0.05, 0) is 47.0 Å². The Balaban J connectivity index is 2.38. The number of hydrogen-bond donors (Lipinski definition) is 0. The van der Waals surface area contributed by atoms with Gasteiger partial charge in [-0.25, -0.2) is 4.98 Å². The molecule has 1 aromatic rings. The summed E-state index contributed by atoms with van der Waals surface area (Å²) < 4.78 is 11.1. The highest BCUT2D eigenvalue weighted by Gasteiger charge is 2.47.